The lowest BCUT2D eigenvalue weighted by Gasteiger charge is -2.29. The number of rotatable bonds is 33. The van der Waals surface area contributed by atoms with Gasteiger partial charge < -0.3 is 74.8 Å². The standard InChI is InChI=1S/C41H72N10O15/c1-19(2)14-23(43)34(58)51-33(22(7)52)40(64)45-24(10-8-9-13-42)35(59)47-26(15-20(3)4)36(60)48-27(16-21(5)6)37(61)49-28(17-30(44)53)38(62)50-29(18-32(56)57)39(63)46-25(41(65)66)11-12-31(54)55/h19-29,33,52H,8-18,42-43H2,1-7H3,(H2,44,53)(H,45,64)(H,46,63)(H,47,59)(H,48,60)(H,49,61)(H,50,62)(H,51,58)(H,54,55)(H,56,57)(H,65,66)/t22-,23+,24+,25+,26+,27+,28+,29+,33+/m1/s1. The second-order valence-electron chi connectivity index (χ2n) is 17.4. The van der Waals surface area contributed by atoms with Crippen molar-refractivity contribution >= 4 is 65.2 Å². The number of carbonyl (C=O) groups is 11. The number of amides is 8. The fourth-order valence-electron chi connectivity index (χ4n) is 6.39. The van der Waals surface area contributed by atoms with Crippen LogP contribution >= 0.6 is 0 Å². The molecule has 66 heavy (non-hydrogen) atoms. The second kappa shape index (κ2) is 30.3. The van der Waals surface area contributed by atoms with E-state index in [-0.39, 0.29) is 43.6 Å². The van der Waals surface area contributed by atoms with E-state index in [0.29, 0.717) is 19.3 Å². The summed E-state index contributed by atoms with van der Waals surface area (Å²) in [6, 6.07) is -12.2. The van der Waals surface area contributed by atoms with Crippen molar-refractivity contribution in [3.63, 3.8) is 0 Å². The number of nitrogens with two attached hydrogens (primary N) is 3. The van der Waals surface area contributed by atoms with Gasteiger partial charge in [-0.3, -0.25) is 47.9 Å². The molecule has 25 nitrogen and oxygen atoms in total. The van der Waals surface area contributed by atoms with Gasteiger partial charge in [0.05, 0.1) is 25.0 Å². The number of hydrogen-bond acceptors (Lipinski definition) is 14. The first-order chi connectivity index (χ1) is 30.6. The molecule has 9 atom stereocenters. The van der Waals surface area contributed by atoms with E-state index < -0.39 is 145 Å². The van der Waals surface area contributed by atoms with Gasteiger partial charge in [0.15, 0.2) is 0 Å². The third-order valence-electron chi connectivity index (χ3n) is 9.70. The van der Waals surface area contributed by atoms with E-state index in [1.807, 2.05) is 19.2 Å². The zero-order chi connectivity index (χ0) is 51.0. The highest BCUT2D eigenvalue weighted by molar-refractivity contribution is 5.99. The van der Waals surface area contributed by atoms with Crippen LogP contribution in [0.5, 0.6) is 0 Å². The van der Waals surface area contributed by atoms with Crippen molar-refractivity contribution in [3.8, 4) is 0 Å². The van der Waals surface area contributed by atoms with Crippen LogP contribution in [-0.4, -0.2) is 147 Å². The van der Waals surface area contributed by atoms with Crippen molar-refractivity contribution in [1.82, 2.24) is 37.2 Å². The molecule has 0 spiro atoms. The van der Waals surface area contributed by atoms with E-state index in [1.165, 1.54) is 6.92 Å². The number of nitrogens with one attached hydrogen (secondary N) is 7. The molecule has 0 heterocycles. The van der Waals surface area contributed by atoms with Gasteiger partial charge >= 0.3 is 17.9 Å². The lowest BCUT2D eigenvalue weighted by molar-refractivity contribution is -0.144. The first-order valence-corrected chi connectivity index (χ1v) is 21.8. The molecular formula is C41H72N10O15. The molecule has 0 rings (SSSR count). The minimum absolute atomic E-state index is 0.00985. The average Bonchev–Trinajstić information content (AvgIpc) is 3.18. The van der Waals surface area contributed by atoms with E-state index in [2.05, 4.69) is 31.9 Å². The Bertz CT molecular complexity index is 1690. The summed E-state index contributed by atoms with van der Waals surface area (Å²) in [5, 5.41) is 54.7. The maximum atomic E-state index is 14.0. The maximum Gasteiger partial charge on any atom is 0.326 e. The zero-order valence-electron chi connectivity index (χ0n) is 38.7. The molecule has 17 N–H and O–H groups in total. The van der Waals surface area contributed by atoms with Crippen LogP contribution < -0.4 is 54.4 Å². The van der Waals surface area contributed by atoms with Crippen LogP contribution in [0.3, 0.4) is 0 Å². The Kier molecular flexibility index (Phi) is 27.6. The molecular weight excluding hydrogens is 873 g/mol. The van der Waals surface area contributed by atoms with Crippen molar-refractivity contribution in [2.75, 3.05) is 6.54 Å². The lowest BCUT2D eigenvalue weighted by Crippen LogP contribution is -2.61. The molecule has 0 bridgehead atoms. The number of unbranched alkanes of at least 4 members (excludes halogenated alkanes) is 1. The highest BCUT2D eigenvalue weighted by atomic mass is 16.4. The Morgan fingerprint density at radius 2 is 0.879 bits per heavy atom. The normalized spacial score (nSPS) is 15.3. The molecule has 0 saturated carbocycles. The number of primary amides is 1. The van der Waals surface area contributed by atoms with Crippen LogP contribution in [0.4, 0.5) is 0 Å². The predicted octanol–water partition coefficient (Wildman–Crippen LogP) is -3.35. The molecule has 376 valence electrons. The van der Waals surface area contributed by atoms with Crippen molar-refractivity contribution < 1.29 is 73.2 Å². The van der Waals surface area contributed by atoms with E-state index in [4.69, 9.17) is 22.3 Å². The van der Waals surface area contributed by atoms with Gasteiger partial charge in [0.1, 0.15) is 42.3 Å². The Morgan fingerprint density at radius 3 is 1.27 bits per heavy atom. The predicted molar refractivity (Wildman–Crippen MR) is 235 cm³/mol. The first-order valence-electron chi connectivity index (χ1n) is 21.8. The van der Waals surface area contributed by atoms with Crippen molar-refractivity contribution in [3.05, 3.63) is 0 Å². The van der Waals surface area contributed by atoms with E-state index in [1.54, 1.807) is 27.7 Å². The van der Waals surface area contributed by atoms with Crippen molar-refractivity contribution in [1.29, 1.82) is 0 Å². The van der Waals surface area contributed by atoms with E-state index in [9.17, 15) is 68.1 Å². The number of carbonyl (C=O) groups excluding carboxylic acids is 8. The van der Waals surface area contributed by atoms with Crippen LogP contribution in [0, 0.1) is 17.8 Å². The van der Waals surface area contributed by atoms with Gasteiger partial charge in [-0.05, 0) is 76.2 Å². The maximum absolute atomic E-state index is 14.0. The topological polar surface area (TPSA) is 431 Å². The monoisotopic (exact) mass is 945 g/mol. The van der Waals surface area contributed by atoms with Gasteiger partial charge in [0, 0.05) is 6.42 Å². The van der Waals surface area contributed by atoms with E-state index >= 15 is 0 Å². The summed E-state index contributed by atoms with van der Waals surface area (Å²) in [5.74, 6) is -13.3. The highest BCUT2D eigenvalue weighted by Gasteiger charge is 2.36. The Labute approximate surface area is 383 Å². The van der Waals surface area contributed by atoms with Gasteiger partial charge in [-0.1, -0.05) is 41.5 Å². The minimum atomic E-state index is -1.99. The number of hydrogen-bond donors (Lipinski definition) is 14. The molecule has 0 aromatic rings. The first kappa shape index (κ1) is 60.1. The van der Waals surface area contributed by atoms with Crippen molar-refractivity contribution in [2.45, 2.75) is 167 Å². The number of aliphatic hydroxyl groups excluding tert-OH is 1. The summed E-state index contributed by atoms with van der Waals surface area (Å²) in [4.78, 5) is 141. The van der Waals surface area contributed by atoms with Crippen LogP contribution in [0.1, 0.15) is 113 Å². The average molecular weight is 945 g/mol. The molecule has 0 aliphatic rings. The summed E-state index contributed by atoms with van der Waals surface area (Å²) >= 11 is 0. The molecule has 0 aliphatic carbocycles. The molecule has 0 aromatic heterocycles. The van der Waals surface area contributed by atoms with Gasteiger partial charge in [0.25, 0.3) is 0 Å². The Balaban J connectivity index is 6.56. The smallest absolute Gasteiger partial charge is 0.326 e. The SMILES string of the molecule is CC(C)C[C@H](NC(=O)[C@H](CC(C)C)NC(=O)[C@H](CCCCN)NC(=O)[C@@H](NC(=O)[C@@H](N)CC(C)C)[C@@H](C)O)C(=O)N[C@@H](CC(N)=O)C(=O)N[C@@H](CC(=O)O)C(=O)N[C@@H](CCC(=O)O)C(=O)O. The molecule has 0 aliphatic heterocycles. The molecule has 0 fully saturated rings. The van der Waals surface area contributed by atoms with Gasteiger partial charge in [-0.25, -0.2) is 4.79 Å². The van der Waals surface area contributed by atoms with Gasteiger partial charge in [0.2, 0.25) is 47.3 Å². The molecule has 8 amide bonds. The highest BCUT2D eigenvalue weighted by Crippen LogP contribution is 2.12. The van der Waals surface area contributed by atoms with Crippen LogP contribution in [0.2, 0.25) is 0 Å². The van der Waals surface area contributed by atoms with Crippen molar-refractivity contribution in [2.24, 2.45) is 35.0 Å². The third-order valence-corrected chi connectivity index (χ3v) is 9.70. The van der Waals surface area contributed by atoms with Crippen LogP contribution in [0.15, 0.2) is 0 Å². The number of carboxylic acids is 3. The van der Waals surface area contributed by atoms with E-state index in [0.717, 1.165) is 0 Å². The largest absolute Gasteiger partial charge is 0.481 e. The summed E-state index contributed by atoms with van der Waals surface area (Å²) < 4.78 is 0. The summed E-state index contributed by atoms with van der Waals surface area (Å²) in [5.41, 5.74) is 17.0. The fourth-order valence-corrected chi connectivity index (χ4v) is 6.39. The Morgan fingerprint density at radius 1 is 0.470 bits per heavy atom. The second-order valence-corrected chi connectivity index (χ2v) is 17.4. The number of aliphatic carboxylic acids is 3. The number of aliphatic hydroxyl groups is 1. The molecule has 25 heteroatoms. The zero-order valence-corrected chi connectivity index (χ0v) is 38.7. The summed E-state index contributed by atoms with van der Waals surface area (Å²) in [6.07, 6.45) is -3.66. The van der Waals surface area contributed by atoms with Crippen LogP contribution in [0.25, 0.3) is 0 Å². The lowest BCUT2D eigenvalue weighted by atomic mass is 9.99. The molecule has 0 radical (unpaired) electrons. The number of carboxylic acid groups (broad SMARTS) is 3. The fraction of sp³-hybridized carbons (Fsp3) is 0.732. The molecule has 0 saturated heterocycles. The van der Waals surface area contributed by atoms with Gasteiger partial charge in [-0.2, -0.15) is 0 Å². The minimum Gasteiger partial charge on any atom is -0.481 e. The molecule has 0 unspecified atom stereocenters. The van der Waals surface area contributed by atoms with Gasteiger partial charge in [-0.15, -0.1) is 0 Å². The quantitative estimate of drug-likeness (QED) is 0.0286. The third kappa shape index (κ3) is 24.4. The molecule has 0 aromatic carbocycles. The summed E-state index contributed by atoms with van der Waals surface area (Å²) in [7, 11) is 0. The Hall–Kier alpha value is -5.95. The van der Waals surface area contributed by atoms with Crippen LogP contribution in [-0.2, 0) is 52.7 Å². The summed E-state index contributed by atoms with van der Waals surface area (Å²) in [6.45, 7) is 12.1.